The van der Waals surface area contributed by atoms with Gasteiger partial charge in [0.15, 0.2) is 0 Å². The number of hydrogen-bond donors (Lipinski definition) is 0. The number of ether oxygens (including phenoxy) is 1. The lowest BCUT2D eigenvalue weighted by Crippen LogP contribution is -2.36. The molecule has 0 spiro atoms. The molecule has 29 heavy (non-hydrogen) atoms. The zero-order valence-corrected chi connectivity index (χ0v) is 17.3. The van der Waals surface area contributed by atoms with Gasteiger partial charge in [-0.05, 0) is 56.2 Å². The Hall–Kier alpha value is -3.15. The van der Waals surface area contributed by atoms with Crippen molar-refractivity contribution in [2.45, 2.75) is 27.2 Å². The molecule has 0 aromatic heterocycles. The zero-order chi connectivity index (χ0) is 21.1. The third-order valence-corrected chi connectivity index (χ3v) is 4.99. The highest BCUT2D eigenvalue weighted by atomic mass is 16.5. The van der Waals surface area contributed by atoms with Gasteiger partial charge in [0.2, 0.25) is 5.91 Å². The van der Waals surface area contributed by atoms with Gasteiger partial charge in [0.1, 0.15) is 12.4 Å². The van der Waals surface area contributed by atoms with E-state index < -0.39 is 0 Å². The van der Waals surface area contributed by atoms with E-state index >= 15 is 0 Å². The maximum Gasteiger partial charge on any atom is 0.261 e. The normalized spacial score (nSPS) is 12.9. The van der Waals surface area contributed by atoms with Crippen LogP contribution in [0, 0.1) is 20.8 Å². The Morgan fingerprint density at radius 3 is 2.28 bits per heavy atom. The summed E-state index contributed by atoms with van der Waals surface area (Å²) in [6, 6.07) is 11.2. The molecular weight excluding hydrogens is 368 g/mol. The molecule has 0 N–H and O–H groups in total. The third-order valence-electron chi connectivity index (χ3n) is 4.99. The topological polar surface area (TPSA) is 66.9 Å². The summed E-state index contributed by atoms with van der Waals surface area (Å²) in [5.74, 6) is -0.0210. The summed E-state index contributed by atoms with van der Waals surface area (Å²) < 4.78 is 5.74. The van der Waals surface area contributed by atoms with Gasteiger partial charge in [-0.1, -0.05) is 17.7 Å². The number of fused-ring (bicyclic) bond motifs is 1. The number of rotatable bonds is 7. The van der Waals surface area contributed by atoms with Crippen LogP contribution in [0.5, 0.6) is 5.75 Å². The molecule has 0 saturated carbocycles. The number of carbonyl (C=O) groups excluding carboxylic acids is 3. The Labute approximate surface area is 171 Å². The zero-order valence-electron chi connectivity index (χ0n) is 17.3. The van der Waals surface area contributed by atoms with Crippen LogP contribution in [0.3, 0.4) is 0 Å². The SMILES string of the molecule is Cc1cc(C)cc(OCCN(C)C(=O)CCN2C(=O)c3ccc(C)cc3C2=O)c1. The van der Waals surface area contributed by atoms with E-state index in [9.17, 15) is 14.4 Å². The molecular formula is C23H26N2O4. The van der Waals surface area contributed by atoms with Crippen molar-refractivity contribution in [3.05, 3.63) is 64.2 Å². The fourth-order valence-electron chi connectivity index (χ4n) is 3.45. The summed E-state index contributed by atoms with van der Waals surface area (Å²) in [5.41, 5.74) is 3.99. The van der Waals surface area contributed by atoms with Gasteiger partial charge in [-0.2, -0.15) is 0 Å². The van der Waals surface area contributed by atoms with E-state index in [4.69, 9.17) is 4.74 Å². The number of benzene rings is 2. The Bertz CT molecular complexity index is 947. The highest BCUT2D eigenvalue weighted by molar-refractivity contribution is 6.21. The van der Waals surface area contributed by atoms with Crippen LogP contribution in [-0.4, -0.2) is 54.3 Å². The number of nitrogens with zero attached hydrogens (tertiary/aromatic N) is 2. The molecule has 6 heteroatoms. The first-order valence-electron chi connectivity index (χ1n) is 9.68. The van der Waals surface area contributed by atoms with Gasteiger partial charge in [-0.3, -0.25) is 19.3 Å². The largest absolute Gasteiger partial charge is 0.492 e. The number of imide groups is 1. The highest BCUT2D eigenvalue weighted by Crippen LogP contribution is 2.24. The van der Waals surface area contributed by atoms with E-state index in [-0.39, 0.29) is 30.7 Å². The molecule has 0 aliphatic carbocycles. The Morgan fingerprint density at radius 2 is 1.59 bits per heavy atom. The molecule has 1 aliphatic rings. The molecule has 0 fully saturated rings. The molecule has 152 valence electrons. The number of hydrogen-bond acceptors (Lipinski definition) is 4. The second-order valence-corrected chi connectivity index (χ2v) is 7.55. The van der Waals surface area contributed by atoms with Crippen LogP contribution >= 0.6 is 0 Å². The molecule has 0 bridgehead atoms. The number of likely N-dealkylation sites (N-methyl/N-ethyl adjacent to an activating group) is 1. The summed E-state index contributed by atoms with van der Waals surface area (Å²) in [6.07, 6.45) is 0.0878. The number of carbonyl (C=O) groups is 3. The van der Waals surface area contributed by atoms with Crippen LogP contribution in [-0.2, 0) is 4.79 Å². The van der Waals surface area contributed by atoms with Gasteiger partial charge in [0.25, 0.3) is 11.8 Å². The van der Waals surface area contributed by atoms with Gasteiger partial charge in [-0.25, -0.2) is 0 Å². The van der Waals surface area contributed by atoms with E-state index in [1.165, 1.54) is 0 Å². The summed E-state index contributed by atoms with van der Waals surface area (Å²) >= 11 is 0. The molecule has 0 atom stereocenters. The lowest BCUT2D eigenvalue weighted by molar-refractivity contribution is -0.130. The predicted molar refractivity (Wildman–Crippen MR) is 110 cm³/mol. The Balaban J connectivity index is 1.49. The Kier molecular flexibility index (Phi) is 6.01. The van der Waals surface area contributed by atoms with Gasteiger partial charge < -0.3 is 9.64 Å². The second kappa shape index (κ2) is 8.47. The first-order chi connectivity index (χ1) is 13.8. The first kappa shape index (κ1) is 20.6. The standard InChI is InChI=1S/C23H26N2O4/c1-15-5-6-19-20(14-15)23(28)25(22(19)27)8-7-21(26)24(4)9-10-29-18-12-16(2)11-17(3)13-18/h5-6,11-14H,7-10H2,1-4H3. The summed E-state index contributed by atoms with van der Waals surface area (Å²) in [5, 5.41) is 0. The molecule has 0 saturated heterocycles. The van der Waals surface area contributed by atoms with Crippen molar-refractivity contribution >= 4 is 17.7 Å². The van der Waals surface area contributed by atoms with Crippen LogP contribution < -0.4 is 4.74 Å². The number of amides is 3. The molecule has 6 nitrogen and oxygen atoms in total. The molecule has 1 heterocycles. The minimum Gasteiger partial charge on any atom is -0.492 e. The van der Waals surface area contributed by atoms with Crippen molar-refractivity contribution in [2.24, 2.45) is 0 Å². The summed E-state index contributed by atoms with van der Waals surface area (Å²) in [7, 11) is 1.69. The van der Waals surface area contributed by atoms with Gasteiger partial charge in [-0.15, -0.1) is 0 Å². The highest BCUT2D eigenvalue weighted by Gasteiger charge is 2.35. The fourth-order valence-corrected chi connectivity index (χ4v) is 3.45. The minimum absolute atomic E-state index is 0.0759. The fraction of sp³-hybridized carbons (Fsp3) is 0.348. The van der Waals surface area contributed by atoms with Gasteiger partial charge >= 0.3 is 0 Å². The van der Waals surface area contributed by atoms with Crippen LogP contribution in [0.1, 0.15) is 43.8 Å². The van der Waals surface area contributed by atoms with E-state index in [2.05, 4.69) is 6.07 Å². The van der Waals surface area contributed by atoms with E-state index in [0.717, 1.165) is 27.3 Å². The maximum absolute atomic E-state index is 12.5. The lowest BCUT2D eigenvalue weighted by atomic mass is 10.1. The van der Waals surface area contributed by atoms with E-state index in [1.807, 2.05) is 39.0 Å². The molecule has 0 unspecified atom stereocenters. The minimum atomic E-state index is -0.335. The van der Waals surface area contributed by atoms with Crippen molar-refractivity contribution in [3.63, 3.8) is 0 Å². The van der Waals surface area contributed by atoms with Crippen LogP contribution in [0.25, 0.3) is 0 Å². The Morgan fingerprint density at radius 1 is 0.931 bits per heavy atom. The summed E-state index contributed by atoms with van der Waals surface area (Å²) in [4.78, 5) is 40.1. The van der Waals surface area contributed by atoms with Gasteiger partial charge in [0.05, 0.1) is 17.7 Å². The average Bonchev–Trinajstić information content (AvgIpc) is 2.88. The van der Waals surface area contributed by atoms with Crippen LogP contribution in [0.4, 0.5) is 0 Å². The van der Waals surface area contributed by atoms with Crippen molar-refractivity contribution in [2.75, 3.05) is 26.7 Å². The average molecular weight is 394 g/mol. The molecule has 3 rings (SSSR count). The van der Waals surface area contributed by atoms with Crippen molar-refractivity contribution in [1.82, 2.24) is 9.80 Å². The molecule has 1 aliphatic heterocycles. The number of aryl methyl sites for hydroxylation is 3. The second-order valence-electron chi connectivity index (χ2n) is 7.55. The maximum atomic E-state index is 12.5. The van der Waals surface area contributed by atoms with Crippen molar-refractivity contribution in [1.29, 1.82) is 0 Å². The molecule has 3 amide bonds. The molecule has 2 aromatic rings. The monoisotopic (exact) mass is 394 g/mol. The van der Waals surface area contributed by atoms with Crippen LogP contribution in [0.15, 0.2) is 36.4 Å². The molecule has 2 aromatic carbocycles. The van der Waals surface area contributed by atoms with Gasteiger partial charge in [0, 0.05) is 20.0 Å². The van der Waals surface area contributed by atoms with Crippen LogP contribution in [0.2, 0.25) is 0 Å². The van der Waals surface area contributed by atoms with E-state index in [0.29, 0.717) is 24.3 Å². The van der Waals surface area contributed by atoms with Crippen molar-refractivity contribution < 1.29 is 19.1 Å². The third kappa shape index (κ3) is 4.65. The predicted octanol–water partition coefficient (Wildman–Crippen LogP) is 3.14. The summed E-state index contributed by atoms with van der Waals surface area (Å²) in [6.45, 7) is 6.77. The quantitative estimate of drug-likeness (QED) is 0.677. The first-order valence-corrected chi connectivity index (χ1v) is 9.68. The molecule has 0 radical (unpaired) electrons. The smallest absolute Gasteiger partial charge is 0.261 e. The van der Waals surface area contributed by atoms with E-state index in [1.54, 1.807) is 24.1 Å². The van der Waals surface area contributed by atoms with Crippen molar-refractivity contribution in [3.8, 4) is 5.75 Å². The lowest BCUT2D eigenvalue weighted by Gasteiger charge is -2.19.